The van der Waals surface area contributed by atoms with Crippen molar-refractivity contribution in [2.24, 2.45) is 0 Å². The van der Waals surface area contributed by atoms with Crippen LogP contribution < -0.4 is 5.32 Å². The van der Waals surface area contributed by atoms with Crippen LogP contribution in [0.15, 0.2) is 0 Å². The average molecular weight is 288 g/mol. The number of hydrogen-bond acceptors (Lipinski definition) is 4. The number of hydrogen-bond donors (Lipinski definition) is 2. The summed E-state index contributed by atoms with van der Waals surface area (Å²) in [7, 11) is 1.71. The number of amides is 1. The zero-order chi connectivity index (χ0) is 15.8. The molecule has 1 atom stereocenters. The lowest BCUT2D eigenvalue weighted by atomic mass is 10.2. The highest BCUT2D eigenvalue weighted by atomic mass is 16.6. The van der Waals surface area contributed by atoms with Gasteiger partial charge < -0.3 is 20.1 Å². The van der Waals surface area contributed by atoms with Crippen molar-refractivity contribution in [3.05, 3.63) is 0 Å². The third-order valence-corrected chi connectivity index (χ3v) is 2.66. The summed E-state index contributed by atoms with van der Waals surface area (Å²) < 4.78 is 5.24. The number of carboxylic acids is 1. The Morgan fingerprint density at radius 3 is 2.45 bits per heavy atom. The van der Waals surface area contributed by atoms with E-state index < -0.39 is 11.6 Å². The minimum atomic E-state index is -0.775. The monoisotopic (exact) mass is 288 g/mol. The normalized spacial score (nSPS) is 12.8. The maximum absolute atomic E-state index is 11.7. The summed E-state index contributed by atoms with van der Waals surface area (Å²) in [5.41, 5.74) is -0.477. The molecule has 1 unspecified atom stereocenters. The Bertz CT molecular complexity index is 313. The molecule has 0 bridgehead atoms. The molecule has 0 heterocycles. The van der Waals surface area contributed by atoms with Crippen molar-refractivity contribution in [1.82, 2.24) is 10.2 Å². The molecule has 0 saturated carbocycles. The van der Waals surface area contributed by atoms with Crippen LogP contribution in [0.25, 0.3) is 0 Å². The van der Waals surface area contributed by atoms with E-state index in [-0.39, 0.29) is 18.6 Å². The summed E-state index contributed by atoms with van der Waals surface area (Å²) in [6, 6.07) is 0.165. The van der Waals surface area contributed by atoms with Gasteiger partial charge in [0, 0.05) is 26.1 Å². The SMILES string of the molecule is CC(CCC(=O)O)NCCCN(C)C(=O)OC(C)(C)C. The molecule has 0 radical (unpaired) electrons. The maximum Gasteiger partial charge on any atom is 0.410 e. The second-order valence-electron chi connectivity index (χ2n) is 6.04. The van der Waals surface area contributed by atoms with Gasteiger partial charge in [-0.05, 0) is 47.1 Å². The molecule has 6 nitrogen and oxygen atoms in total. The highest BCUT2D eigenvalue weighted by Gasteiger charge is 2.19. The van der Waals surface area contributed by atoms with E-state index in [9.17, 15) is 9.59 Å². The molecule has 2 N–H and O–H groups in total. The lowest BCUT2D eigenvalue weighted by Crippen LogP contribution is -2.36. The molecule has 0 aliphatic rings. The van der Waals surface area contributed by atoms with E-state index in [2.05, 4.69) is 5.32 Å². The van der Waals surface area contributed by atoms with Gasteiger partial charge in [-0.25, -0.2) is 4.79 Å². The Kier molecular flexibility index (Phi) is 8.22. The van der Waals surface area contributed by atoms with E-state index in [1.54, 1.807) is 11.9 Å². The van der Waals surface area contributed by atoms with Gasteiger partial charge in [0.1, 0.15) is 5.60 Å². The van der Waals surface area contributed by atoms with Gasteiger partial charge in [-0.1, -0.05) is 0 Å². The minimum Gasteiger partial charge on any atom is -0.481 e. The van der Waals surface area contributed by atoms with E-state index in [0.717, 1.165) is 13.0 Å². The van der Waals surface area contributed by atoms with Crippen LogP contribution in [0.3, 0.4) is 0 Å². The van der Waals surface area contributed by atoms with Crippen molar-refractivity contribution in [3.63, 3.8) is 0 Å². The smallest absolute Gasteiger partial charge is 0.410 e. The van der Waals surface area contributed by atoms with Crippen molar-refractivity contribution in [1.29, 1.82) is 0 Å². The molecule has 0 fully saturated rings. The summed E-state index contributed by atoms with van der Waals surface area (Å²) >= 11 is 0. The summed E-state index contributed by atoms with van der Waals surface area (Å²) in [6.07, 6.45) is 1.26. The van der Waals surface area contributed by atoms with Gasteiger partial charge in [0.25, 0.3) is 0 Å². The summed E-state index contributed by atoms with van der Waals surface area (Å²) in [6.45, 7) is 8.82. The first-order valence-electron chi connectivity index (χ1n) is 7.01. The fraction of sp³-hybridized carbons (Fsp3) is 0.857. The Balaban J connectivity index is 3.73. The number of carbonyl (C=O) groups excluding carboxylic acids is 1. The molecular weight excluding hydrogens is 260 g/mol. The predicted octanol–water partition coefficient (Wildman–Crippen LogP) is 2.09. The second-order valence-corrected chi connectivity index (χ2v) is 6.04. The van der Waals surface area contributed by atoms with Crippen molar-refractivity contribution >= 4 is 12.1 Å². The highest BCUT2D eigenvalue weighted by molar-refractivity contribution is 5.67. The minimum absolute atomic E-state index is 0.165. The van der Waals surface area contributed by atoms with Crippen molar-refractivity contribution in [3.8, 4) is 0 Å². The number of aliphatic carboxylic acids is 1. The van der Waals surface area contributed by atoms with Crippen LogP contribution in [-0.4, -0.2) is 53.8 Å². The summed E-state index contributed by atoms with van der Waals surface area (Å²) in [4.78, 5) is 23.7. The molecule has 0 spiro atoms. The van der Waals surface area contributed by atoms with Crippen LogP contribution in [0.1, 0.15) is 47.0 Å². The lowest BCUT2D eigenvalue weighted by molar-refractivity contribution is -0.137. The third kappa shape index (κ3) is 10.6. The van der Waals surface area contributed by atoms with Gasteiger partial charge in [0.2, 0.25) is 0 Å². The number of ether oxygens (including phenoxy) is 1. The molecular formula is C14H28N2O4. The molecule has 0 saturated heterocycles. The Morgan fingerprint density at radius 1 is 1.35 bits per heavy atom. The lowest BCUT2D eigenvalue weighted by Gasteiger charge is -2.24. The van der Waals surface area contributed by atoms with Gasteiger partial charge in [0.15, 0.2) is 0 Å². The van der Waals surface area contributed by atoms with E-state index in [1.165, 1.54) is 0 Å². The zero-order valence-corrected chi connectivity index (χ0v) is 13.2. The van der Waals surface area contributed by atoms with Crippen molar-refractivity contribution in [2.75, 3.05) is 20.1 Å². The number of nitrogens with zero attached hydrogens (tertiary/aromatic N) is 1. The predicted molar refractivity (Wildman–Crippen MR) is 77.8 cm³/mol. The molecule has 0 aliphatic carbocycles. The van der Waals surface area contributed by atoms with Gasteiger partial charge in [-0.2, -0.15) is 0 Å². The largest absolute Gasteiger partial charge is 0.481 e. The molecule has 1 amide bonds. The van der Waals surface area contributed by atoms with Gasteiger partial charge in [-0.15, -0.1) is 0 Å². The number of nitrogens with one attached hydrogen (secondary N) is 1. The quantitative estimate of drug-likeness (QED) is 0.669. The van der Waals surface area contributed by atoms with Crippen LogP contribution in [0.5, 0.6) is 0 Å². The molecule has 118 valence electrons. The molecule has 0 aliphatic heterocycles. The van der Waals surface area contributed by atoms with Crippen molar-refractivity contribution in [2.45, 2.75) is 58.6 Å². The molecule has 0 aromatic heterocycles. The van der Waals surface area contributed by atoms with Gasteiger partial charge >= 0.3 is 12.1 Å². The van der Waals surface area contributed by atoms with E-state index in [1.807, 2.05) is 27.7 Å². The Morgan fingerprint density at radius 2 is 1.95 bits per heavy atom. The number of carbonyl (C=O) groups is 2. The van der Waals surface area contributed by atoms with Gasteiger partial charge in [0.05, 0.1) is 0 Å². The highest BCUT2D eigenvalue weighted by Crippen LogP contribution is 2.09. The molecule has 6 heteroatoms. The van der Waals surface area contributed by atoms with Crippen molar-refractivity contribution < 1.29 is 19.4 Å². The standard InChI is InChI=1S/C14H28N2O4/c1-11(7-8-12(17)18)15-9-6-10-16(5)13(19)20-14(2,3)4/h11,15H,6-10H2,1-5H3,(H,17,18). The fourth-order valence-electron chi connectivity index (χ4n) is 1.54. The number of rotatable bonds is 8. The zero-order valence-electron chi connectivity index (χ0n) is 13.2. The molecule has 0 aromatic rings. The van der Waals surface area contributed by atoms with Crippen LogP contribution in [0, 0.1) is 0 Å². The van der Waals surface area contributed by atoms with Crippen LogP contribution >= 0.6 is 0 Å². The van der Waals surface area contributed by atoms with Crippen LogP contribution in [0.4, 0.5) is 4.79 Å². The third-order valence-electron chi connectivity index (χ3n) is 2.66. The van der Waals surface area contributed by atoms with Crippen LogP contribution in [0.2, 0.25) is 0 Å². The van der Waals surface area contributed by atoms with E-state index in [4.69, 9.17) is 9.84 Å². The first-order chi connectivity index (χ1) is 9.11. The first-order valence-corrected chi connectivity index (χ1v) is 7.01. The van der Waals surface area contributed by atoms with E-state index >= 15 is 0 Å². The summed E-state index contributed by atoms with van der Waals surface area (Å²) in [5, 5.41) is 11.8. The first kappa shape index (κ1) is 18.7. The molecule has 0 aromatic carbocycles. The topological polar surface area (TPSA) is 78.9 Å². The van der Waals surface area contributed by atoms with E-state index in [0.29, 0.717) is 13.0 Å². The second kappa shape index (κ2) is 8.79. The van der Waals surface area contributed by atoms with Crippen LogP contribution in [-0.2, 0) is 9.53 Å². The molecule has 0 rings (SSSR count). The summed E-state index contributed by atoms with van der Waals surface area (Å²) in [5.74, 6) is -0.775. The average Bonchev–Trinajstić information content (AvgIpc) is 2.29. The maximum atomic E-state index is 11.7. The Labute approximate surface area is 121 Å². The fourth-order valence-corrected chi connectivity index (χ4v) is 1.54. The molecule has 20 heavy (non-hydrogen) atoms. The Hall–Kier alpha value is -1.30. The number of carboxylic acid groups (broad SMARTS) is 1. The van der Waals surface area contributed by atoms with Gasteiger partial charge in [-0.3, -0.25) is 4.79 Å².